The second kappa shape index (κ2) is 12.0. The van der Waals surface area contributed by atoms with Gasteiger partial charge in [0.15, 0.2) is 6.73 Å². The highest BCUT2D eigenvalue weighted by molar-refractivity contribution is 9.11. The van der Waals surface area contributed by atoms with Crippen LogP contribution in [0.15, 0.2) is 75.7 Å². The first-order valence-corrected chi connectivity index (χ1v) is 12.0. The number of para-hydroxylation sites is 2. The van der Waals surface area contributed by atoms with Gasteiger partial charge in [0.1, 0.15) is 5.75 Å². The fourth-order valence-corrected chi connectivity index (χ4v) is 3.90. The maximum Gasteiger partial charge on any atom is 0.159 e. The molecule has 158 valence electrons. The molecule has 0 saturated heterocycles. The maximum absolute atomic E-state index is 5.90. The van der Waals surface area contributed by atoms with Crippen LogP contribution in [0.3, 0.4) is 0 Å². The summed E-state index contributed by atoms with van der Waals surface area (Å²) < 4.78 is 7.93. The molecule has 0 heterocycles. The lowest BCUT2D eigenvalue weighted by Crippen LogP contribution is -2.10. The van der Waals surface area contributed by atoms with Gasteiger partial charge in [0.25, 0.3) is 0 Å². The van der Waals surface area contributed by atoms with E-state index in [1.165, 1.54) is 31.2 Å². The Labute approximate surface area is 196 Å². The van der Waals surface area contributed by atoms with Crippen LogP contribution < -0.4 is 15.4 Å². The van der Waals surface area contributed by atoms with Gasteiger partial charge in [0.05, 0.1) is 17.1 Å². The molecule has 0 atom stereocenters. The van der Waals surface area contributed by atoms with E-state index in [1.54, 1.807) is 0 Å². The third kappa shape index (κ3) is 7.06. The molecule has 3 nitrogen and oxygen atoms in total. The molecule has 0 spiro atoms. The maximum atomic E-state index is 5.90. The van der Waals surface area contributed by atoms with Crippen molar-refractivity contribution in [3.05, 3.63) is 81.2 Å². The summed E-state index contributed by atoms with van der Waals surface area (Å²) in [5.41, 5.74) is 4.34. The van der Waals surface area contributed by atoms with Crippen LogP contribution in [0.5, 0.6) is 5.75 Å². The molecule has 3 rings (SSSR count). The largest absolute Gasteiger partial charge is 0.473 e. The zero-order chi connectivity index (χ0) is 21.2. The van der Waals surface area contributed by atoms with Crippen molar-refractivity contribution in [2.45, 2.75) is 39.0 Å². The Morgan fingerprint density at radius 2 is 1.57 bits per heavy atom. The van der Waals surface area contributed by atoms with E-state index in [2.05, 4.69) is 73.7 Å². The van der Waals surface area contributed by atoms with Crippen LogP contribution in [0.1, 0.15) is 38.2 Å². The molecule has 0 aromatic heterocycles. The van der Waals surface area contributed by atoms with Gasteiger partial charge in [-0.2, -0.15) is 0 Å². The Bertz CT molecular complexity index is 929. The highest BCUT2D eigenvalue weighted by atomic mass is 79.9. The molecule has 0 aliphatic heterocycles. The molecular formula is C25H28Br2N2O. The molecule has 3 aromatic rings. The third-order valence-corrected chi connectivity index (χ3v) is 6.05. The van der Waals surface area contributed by atoms with Gasteiger partial charge in [0.2, 0.25) is 0 Å². The van der Waals surface area contributed by atoms with Gasteiger partial charge in [0, 0.05) is 8.95 Å². The first-order chi connectivity index (χ1) is 14.7. The van der Waals surface area contributed by atoms with Gasteiger partial charge in [-0.15, -0.1) is 0 Å². The average Bonchev–Trinajstić information content (AvgIpc) is 2.76. The number of anilines is 3. The summed E-state index contributed by atoms with van der Waals surface area (Å²) in [6.07, 6.45) is 6.30. The molecule has 30 heavy (non-hydrogen) atoms. The Balaban J connectivity index is 1.53. The summed E-state index contributed by atoms with van der Waals surface area (Å²) in [6.45, 7) is 2.64. The number of hydrogen-bond donors (Lipinski definition) is 2. The van der Waals surface area contributed by atoms with Crippen LogP contribution in [0, 0.1) is 0 Å². The van der Waals surface area contributed by atoms with Gasteiger partial charge in [-0.3, -0.25) is 0 Å². The summed E-state index contributed by atoms with van der Waals surface area (Å²) >= 11 is 7.12. The molecule has 0 aliphatic carbocycles. The fraction of sp³-hybridized carbons (Fsp3) is 0.280. The van der Waals surface area contributed by atoms with Crippen LogP contribution in [0.4, 0.5) is 17.1 Å². The predicted octanol–water partition coefficient (Wildman–Crippen LogP) is 8.53. The fourth-order valence-electron chi connectivity index (χ4n) is 3.19. The molecular weight excluding hydrogens is 504 g/mol. The van der Waals surface area contributed by atoms with Gasteiger partial charge < -0.3 is 15.4 Å². The van der Waals surface area contributed by atoms with Crippen molar-refractivity contribution in [3.8, 4) is 5.75 Å². The minimum atomic E-state index is 0.397. The molecule has 3 aromatic carbocycles. The van der Waals surface area contributed by atoms with E-state index in [-0.39, 0.29) is 0 Å². The molecule has 5 heteroatoms. The van der Waals surface area contributed by atoms with Crippen LogP contribution in [-0.2, 0) is 6.42 Å². The monoisotopic (exact) mass is 530 g/mol. The van der Waals surface area contributed by atoms with Crippen molar-refractivity contribution >= 4 is 48.9 Å². The smallest absolute Gasteiger partial charge is 0.159 e. The standard InChI is InChI=1S/C25H28Br2N2O/c1-2-3-4-5-8-19-11-14-21(15-12-19)30-18-28-23-9-6-7-10-24(23)29-25-17-20(26)13-16-22(25)27/h6-7,9-17,28-29H,2-5,8,18H2,1H3. The van der Waals surface area contributed by atoms with E-state index in [4.69, 9.17) is 4.74 Å². The first-order valence-electron chi connectivity index (χ1n) is 10.4. The van der Waals surface area contributed by atoms with Crippen molar-refractivity contribution in [2.24, 2.45) is 0 Å². The van der Waals surface area contributed by atoms with Gasteiger partial charge in [-0.1, -0.05) is 66.4 Å². The van der Waals surface area contributed by atoms with E-state index in [0.29, 0.717) is 6.73 Å². The lowest BCUT2D eigenvalue weighted by atomic mass is 10.1. The SMILES string of the molecule is CCCCCCc1ccc(OCNc2ccccc2Nc2cc(Br)ccc2Br)cc1. The van der Waals surface area contributed by atoms with Crippen LogP contribution in [0.25, 0.3) is 0 Å². The highest BCUT2D eigenvalue weighted by Gasteiger charge is 2.06. The topological polar surface area (TPSA) is 33.3 Å². The second-order valence-corrected chi connectivity index (χ2v) is 8.98. The molecule has 0 unspecified atom stereocenters. The Hall–Kier alpha value is -1.98. The third-order valence-electron chi connectivity index (χ3n) is 4.87. The van der Waals surface area contributed by atoms with Gasteiger partial charge in [-0.05, 0) is 76.8 Å². The van der Waals surface area contributed by atoms with Crippen molar-refractivity contribution in [2.75, 3.05) is 17.4 Å². The van der Waals surface area contributed by atoms with Crippen molar-refractivity contribution < 1.29 is 4.74 Å². The van der Waals surface area contributed by atoms with E-state index in [1.807, 2.05) is 42.5 Å². The average molecular weight is 532 g/mol. The van der Waals surface area contributed by atoms with E-state index < -0.39 is 0 Å². The van der Waals surface area contributed by atoms with Crippen molar-refractivity contribution in [1.29, 1.82) is 0 Å². The highest BCUT2D eigenvalue weighted by Crippen LogP contribution is 2.32. The van der Waals surface area contributed by atoms with Crippen LogP contribution in [-0.4, -0.2) is 6.73 Å². The lowest BCUT2D eigenvalue weighted by Gasteiger charge is -2.16. The number of hydrogen-bond acceptors (Lipinski definition) is 3. The molecule has 0 amide bonds. The van der Waals surface area contributed by atoms with E-state index >= 15 is 0 Å². The molecule has 0 fully saturated rings. The number of ether oxygens (including phenoxy) is 1. The normalized spacial score (nSPS) is 10.6. The zero-order valence-corrected chi connectivity index (χ0v) is 20.4. The zero-order valence-electron chi connectivity index (χ0n) is 17.3. The van der Waals surface area contributed by atoms with Gasteiger partial charge in [-0.25, -0.2) is 0 Å². The summed E-state index contributed by atoms with van der Waals surface area (Å²) in [5, 5.41) is 6.84. The number of benzene rings is 3. The Kier molecular flexibility index (Phi) is 9.09. The summed E-state index contributed by atoms with van der Waals surface area (Å²) in [6, 6.07) is 22.6. The summed E-state index contributed by atoms with van der Waals surface area (Å²) in [5.74, 6) is 0.875. The number of rotatable bonds is 11. The molecule has 0 aliphatic rings. The predicted molar refractivity (Wildman–Crippen MR) is 135 cm³/mol. The second-order valence-electron chi connectivity index (χ2n) is 7.21. The quantitative estimate of drug-likeness (QED) is 0.192. The van der Waals surface area contributed by atoms with Gasteiger partial charge >= 0.3 is 0 Å². The number of halogens is 2. The Morgan fingerprint density at radius 3 is 2.33 bits per heavy atom. The van der Waals surface area contributed by atoms with Crippen molar-refractivity contribution in [1.82, 2.24) is 0 Å². The van der Waals surface area contributed by atoms with Crippen LogP contribution >= 0.6 is 31.9 Å². The molecule has 0 saturated carbocycles. The Morgan fingerprint density at radius 1 is 0.800 bits per heavy atom. The number of aryl methyl sites for hydroxylation is 1. The molecule has 0 bridgehead atoms. The van der Waals surface area contributed by atoms with E-state index in [9.17, 15) is 0 Å². The molecule has 2 N–H and O–H groups in total. The van der Waals surface area contributed by atoms with Crippen LogP contribution in [0.2, 0.25) is 0 Å². The minimum Gasteiger partial charge on any atom is -0.473 e. The number of unbranched alkanes of at least 4 members (excludes halogenated alkanes) is 3. The minimum absolute atomic E-state index is 0.397. The number of nitrogens with one attached hydrogen (secondary N) is 2. The summed E-state index contributed by atoms with van der Waals surface area (Å²) in [4.78, 5) is 0. The molecule has 0 radical (unpaired) electrons. The van der Waals surface area contributed by atoms with E-state index in [0.717, 1.165) is 38.2 Å². The lowest BCUT2D eigenvalue weighted by molar-refractivity contribution is 0.347. The summed E-state index contributed by atoms with van der Waals surface area (Å²) in [7, 11) is 0. The van der Waals surface area contributed by atoms with Crippen molar-refractivity contribution in [3.63, 3.8) is 0 Å². The first kappa shape index (κ1) is 22.7.